The normalized spacial score (nSPS) is 11.3. The van der Waals surface area contributed by atoms with Crippen molar-refractivity contribution in [3.63, 3.8) is 0 Å². The molecule has 0 N–H and O–H groups in total. The number of carbonyl (C=O) groups excluding carboxylic acids is 1. The summed E-state index contributed by atoms with van der Waals surface area (Å²) in [7, 11) is 0. The Morgan fingerprint density at radius 2 is 2.15 bits per heavy atom. The number of nitrogens with zero attached hydrogens (tertiary/aromatic N) is 1. The average Bonchev–Trinajstić information content (AvgIpc) is 2.31. The highest BCUT2D eigenvalue weighted by Crippen LogP contribution is 2.31. The van der Waals surface area contributed by atoms with Crippen LogP contribution in [0.1, 0.15) is 18.2 Å². The van der Waals surface area contributed by atoms with Crippen molar-refractivity contribution in [2.45, 2.75) is 25.6 Å². The van der Waals surface area contributed by atoms with Gasteiger partial charge in [0.25, 0.3) is 0 Å². The molecule has 4 nitrogen and oxygen atoms in total. The summed E-state index contributed by atoms with van der Waals surface area (Å²) in [6.45, 7) is 1.74. The van der Waals surface area contributed by atoms with Crippen LogP contribution in [0.4, 0.5) is 13.2 Å². The van der Waals surface area contributed by atoms with E-state index in [9.17, 15) is 18.0 Å². The number of hydrogen-bond acceptors (Lipinski definition) is 4. The van der Waals surface area contributed by atoms with Crippen molar-refractivity contribution >= 4 is 40.2 Å². The zero-order chi connectivity index (χ0) is 15.3. The lowest BCUT2D eigenvalue weighted by Crippen LogP contribution is -2.21. The second-order valence-corrected chi connectivity index (χ2v) is 4.92. The van der Waals surface area contributed by atoms with Crippen molar-refractivity contribution in [3.05, 3.63) is 21.0 Å². The quantitative estimate of drug-likeness (QED) is 0.315. The molecular formula is C11H10ClF3INO3. The van der Waals surface area contributed by atoms with Crippen LogP contribution in [0, 0.1) is 3.70 Å². The van der Waals surface area contributed by atoms with Gasteiger partial charge in [0.2, 0.25) is 0 Å². The smallest absolute Gasteiger partial charge is 0.466 e. The molecule has 0 aliphatic heterocycles. The molecule has 1 aromatic heterocycles. The molecule has 9 heteroatoms. The Labute approximate surface area is 131 Å². The second-order valence-electron chi connectivity index (χ2n) is 3.54. The first kappa shape index (κ1) is 17.3. The van der Waals surface area contributed by atoms with Crippen molar-refractivity contribution in [3.8, 4) is 5.75 Å². The fourth-order valence-electron chi connectivity index (χ4n) is 1.44. The Morgan fingerprint density at radius 1 is 1.50 bits per heavy atom. The molecule has 0 aliphatic carbocycles. The molecule has 0 spiro atoms. The highest BCUT2D eigenvalue weighted by atomic mass is 127. The Kier molecular flexibility index (Phi) is 6.31. The summed E-state index contributed by atoms with van der Waals surface area (Å²) in [6.07, 6.45) is -5.24. The van der Waals surface area contributed by atoms with E-state index in [2.05, 4.69) is 9.72 Å². The molecular weight excluding hydrogens is 413 g/mol. The second kappa shape index (κ2) is 7.30. The number of hydrogen-bond donors (Lipinski definition) is 0. The van der Waals surface area contributed by atoms with Gasteiger partial charge in [-0.1, -0.05) is 0 Å². The molecule has 112 valence electrons. The van der Waals surface area contributed by atoms with E-state index in [0.29, 0.717) is 3.70 Å². The summed E-state index contributed by atoms with van der Waals surface area (Å²) in [5.74, 6) is -1.46. The number of rotatable bonds is 5. The Balaban J connectivity index is 3.18. The summed E-state index contributed by atoms with van der Waals surface area (Å²) in [5.41, 5.74) is -0.0361. The van der Waals surface area contributed by atoms with Gasteiger partial charge in [-0.15, -0.1) is 24.8 Å². The Hall–Kier alpha value is -0.770. The van der Waals surface area contributed by atoms with Crippen molar-refractivity contribution in [1.82, 2.24) is 4.98 Å². The summed E-state index contributed by atoms with van der Waals surface area (Å²) in [5, 5.41) is 0. The van der Waals surface area contributed by atoms with E-state index < -0.39 is 18.1 Å². The third kappa shape index (κ3) is 5.31. The lowest BCUT2D eigenvalue weighted by molar-refractivity contribution is -0.275. The predicted octanol–water partition coefficient (Wildman–Crippen LogP) is 3.43. The topological polar surface area (TPSA) is 48.4 Å². The third-order valence-electron chi connectivity index (χ3n) is 2.07. The number of halogens is 5. The first-order chi connectivity index (χ1) is 9.26. The first-order valence-electron chi connectivity index (χ1n) is 5.42. The van der Waals surface area contributed by atoms with Gasteiger partial charge in [0.05, 0.1) is 24.6 Å². The molecule has 1 rings (SSSR count). The average molecular weight is 424 g/mol. The maximum absolute atomic E-state index is 12.4. The molecule has 0 radical (unpaired) electrons. The third-order valence-corrected chi connectivity index (χ3v) is 2.88. The van der Waals surface area contributed by atoms with Gasteiger partial charge in [-0.3, -0.25) is 4.79 Å². The van der Waals surface area contributed by atoms with E-state index in [1.807, 2.05) is 22.6 Å². The van der Waals surface area contributed by atoms with E-state index in [4.69, 9.17) is 16.3 Å². The summed E-state index contributed by atoms with van der Waals surface area (Å²) in [4.78, 5) is 15.3. The van der Waals surface area contributed by atoms with Gasteiger partial charge in [0.15, 0.2) is 5.75 Å². The van der Waals surface area contributed by atoms with Crippen molar-refractivity contribution < 1.29 is 27.4 Å². The van der Waals surface area contributed by atoms with E-state index in [1.165, 1.54) is 6.07 Å². The molecule has 0 fully saturated rings. The largest absolute Gasteiger partial charge is 0.573 e. The number of esters is 1. The van der Waals surface area contributed by atoms with Crippen LogP contribution in [0.15, 0.2) is 6.07 Å². The van der Waals surface area contributed by atoms with Crippen LogP contribution in [0.2, 0.25) is 0 Å². The Morgan fingerprint density at radius 3 is 2.65 bits per heavy atom. The minimum Gasteiger partial charge on any atom is -0.466 e. The standard InChI is InChI=1S/C11H10ClF3INO3/c1-2-19-9(18)4-6-3-8(16)17-7(5-12)10(6)20-11(13,14)15/h3H,2,4-5H2,1H3. The van der Waals surface area contributed by atoms with Crippen LogP contribution in [-0.2, 0) is 21.8 Å². The van der Waals surface area contributed by atoms with Gasteiger partial charge in [0, 0.05) is 5.56 Å². The van der Waals surface area contributed by atoms with Gasteiger partial charge in [-0.25, -0.2) is 4.98 Å². The van der Waals surface area contributed by atoms with Crippen LogP contribution >= 0.6 is 34.2 Å². The molecule has 0 atom stereocenters. The van der Waals surface area contributed by atoms with E-state index >= 15 is 0 Å². The lowest BCUT2D eigenvalue weighted by Gasteiger charge is -2.16. The first-order valence-corrected chi connectivity index (χ1v) is 7.03. The zero-order valence-corrected chi connectivity index (χ0v) is 13.2. The maximum atomic E-state index is 12.4. The molecule has 0 bridgehead atoms. The highest BCUT2D eigenvalue weighted by Gasteiger charge is 2.34. The number of pyridine rings is 1. The summed E-state index contributed by atoms with van der Waals surface area (Å²) in [6, 6.07) is 1.33. The van der Waals surface area contributed by atoms with Gasteiger partial charge < -0.3 is 9.47 Å². The molecule has 0 aliphatic rings. The number of alkyl halides is 4. The van der Waals surface area contributed by atoms with E-state index in [-0.39, 0.29) is 30.2 Å². The molecule has 0 aromatic carbocycles. The highest BCUT2D eigenvalue weighted by molar-refractivity contribution is 14.1. The number of aromatic nitrogens is 1. The monoisotopic (exact) mass is 423 g/mol. The van der Waals surface area contributed by atoms with Crippen LogP contribution in [0.25, 0.3) is 0 Å². The van der Waals surface area contributed by atoms with Crippen molar-refractivity contribution in [2.24, 2.45) is 0 Å². The van der Waals surface area contributed by atoms with Crippen LogP contribution < -0.4 is 4.74 Å². The molecule has 1 heterocycles. The molecule has 0 unspecified atom stereocenters. The molecule has 0 saturated heterocycles. The number of ether oxygens (including phenoxy) is 2. The lowest BCUT2D eigenvalue weighted by atomic mass is 10.1. The maximum Gasteiger partial charge on any atom is 0.573 e. The van der Waals surface area contributed by atoms with E-state index in [1.54, 1.807) is 6.92 Å². The SMILES string of the molecule is CCOC(=O)Cc1cc(I)nc(CCl)c1OC(F)(F)F. The summed E-state index contributed by atoms with van der Waals surface area (Å²) >= 11 is 7.39. The van der Waals surface area contributed by atoms with E-state index in [0.717, 1.165) is 0 Å². The van der Waals surface area contributed by atoms with Crippen LogP contribution in [0.3, 0.4) is 0 Å². The van der Waals surface area contributed by atoms with Crippen molar-refractivity contribution in [2.75, 3.05) is 6.61 Å². The molecule has 0 saturated carbocycles. The van der Waals surface area contributed by atoms with Gasteiger partial charge in [0.1, 0.15) is 3.70 Å². The minimum absolute atomic E-state index is 0.0378. The fourth-order valence-corrected chi connectivity index (χ4v) is 2.28. The summed E-state index contributed by atoms with van der Waals surface area (Å²) < 4.78 is 46.3. The van der Waals surface area contributed by atoms with Gasteiger partial charge in [-0.05, 0) is 35.6 Å². The van der Waals surface area contributed by atoms with Crippen LogP contribution in [0.5, 0.6) is 5.75 Å². The van der Waals surface area contributed by atoms with Crippen LogP contribution in [-0.4, -0.2) is 23.9 Å². The zero-order valence-electron chi connectivity index (χ0n) is 10.3. The fraction of sp³-hybridized carbons (Fsp3) is 0.455. The molecule has 20 heavy (non-hydrogen) atoms. The Bertz CT molecular complexity index is 497. The molecule has 0 amide bonds. The van der Waals surface area contributed by atoms with Crippen molar-refractivity contribution in [1.29, 1.82) is 0 Å². The minimum atomic E-state index is -4.89. The van der Waals surface area contributed by atoms with Gasteiger partial charge >= 0.3 is 12.3 Å². The van der Waals surface area contributed by atoms with Gasteiger partial charge in [-0.2, -0.15) is 0 Å². The number of carbonyl (C=O) groups is 1. The predicted molar refractivity (Wildman–Crippen MR) is 73.5 cm³/mol. The molecule has 1 aromatic rings.